The van der Waals surface area contributed by atoms with Gasteiger partial charge in [0.15, 0.2) is 0 Å². The molecule has 3 heteroatoms. The summed E-state index contributed by atoms with van der Waals surface area (Å²) >= 11 is 0. The molecule has 0 spiro atoms. The molecule has 3 nitrogen and oxygen atoms in total. The van der Waals surface area contributed by atoms with Crippen molar-refractivity contribution in [1.82, 2.24) is 0 Å². The summed E-state index contributed by atoms with van der Waals surface area (Å²) in [5, 5.41) is 9.43. The maximum atomic E-state index is 9.43. The molecule has 0 amide bonds. The van der Waals surface area contributed by atoms with Crippen molar-refractivity contribution in [1.29, 1.82) is 0 Å². The minimum Gasteiger partial charge on any atom is -0.508 e. The number of benzene rings is 1. The molecule has 0 saturated carbocycles. The number of aromatic hydroxyl groups is 1. The molecular formula is C11H16O3. The maximum absolute atomic E-state index is 9.43. The van der Waals surface area contributed by atoms with E-state index in [4.69, 9.17) is 9.47 Å². The standard InChI is InChI=1S/C11H16O3/c1-13-8-9-14-7-6-10-4-2-3-5-11(10)12/h2-5,12H,6-9H2,1H3. The molecule has 0 unspecified atom stereocenters. The summed E-state index contributed by atoms with van der Waals surface area (Å²) in [6, 6.07) is 7.30. The van der Waals surface area contributed by atoms with Crippen LogP contribution in [0.15, 0.2) is 24.3 Å². The van der Waals surface area contributed by atoms with E-state index in [1.165, 1.54) is 0 Å². The van der Waals surface area contributed by atoms with E-state index in [1.807, 2.05) is 18.2 Å². The van der Waals surface area contributed by atoms with Crippen LogP contribution in [0.4, 0.5) is 0 Å². The Kier molecular flexibility index (Phi) is 5.04. The van der Waals surface area contributed by atoms with Crippen molar-refractivity contribution in [2.45, 2.75) is 6.42 Å². The van der Waals surface area contributed by atoms with Crippen LogP contribution < -0.4 is 0 Å². The maximum Gasteiger partial charge on any atom is 0.118 e. The van der Waals surface area contributed by atoms with Crippen LogP contribution in [0, 0.1) is 0 Å². The average Bonchev–Trinajstić information content (AvgIpc) is 2.20. The van der Waals surface area contributed by atoms with E-state index in [9.17, 15) is 5.11 Å². The molecule has 1 aromatic rings. The van der Waals surface area contributed by atoms with Gasteiger partial charge in [0.2, 0.25) is 0 Å². The van der Waals surface area contributed by atoms with Crippen LogP contribution in [0.1, 0.15) is 5.56 Å². The first kappa shape index (κ1) is 11.0. The van der Waals surface area contributed by atoms with Crippen molar-refractivity contribution in [3.05, 3.63) is 29.8 Å². The quantitative estimate of drug-likeness (QED) is 0.702. The van der Waals surface area contributed by atoms with Gasteiger partial charge in [0.05, 0.1) is 19.8 Å². The number of phenols is 1. The molecule has 14 heavy (non-hydrogen) atoms. The molecule has 0 radical (unpaired) electrons. The van der Waals surface area contributed by atoms with Gasteiger partial charge in [0.1, 0.15) is 5.75 Å². The third-order valence-electron chi connectivity index (χ3n) is 1.94. The summed E-state index contributed by atoms with van der Waals surface area (Å²) in [6.07, 6.45) is 0.733. The topological polar surface area (TPSA) is 38.7 Å². The fraction of sp³-hybridized carbons (Fsp3) is 0.455. The summed E-state index contributed by atoms with van der Waals surface area (Å²) in [5.41, 5.74) is 0.921. The fourth-order valence-electron chi connectivity index (χ4n) is 1.15. The lowest BCUT2D eigenvalue weighted by Gasteiger charge is -2.05. The molecule has 0 aliphatic carbocycles. The number of hydrogen-bond donors (Lipinski definition) is 1. The molecule has 1 rings (SSSR count). The Hall–Kier alpha value is -1.06. The molecule has 0 aliphatic rings. The van der Waals surface area contributed by atoms with Crippen LogP contribution in [-0.2, 0) is 15.9 Å². The second kappa shape index (κ2) is 6.40. The first-order valence-electron chi connectivity index (χ1n) is 4.68. The van der Waals surface area contributed by atoms with Crippen molar-refractivity contribution in [3.63, 3.8) is 0 Å². The largest absolute Gasteiger partial charge is 0.508 e. The van der Waals surface area contributed by atoms with Crippen LogP contribution in [0.5, 0.6) is 5.75 Å². The number of hydrogen-bond acceptors (Lipinski definition) is 3. The zero-order chi connectivity index (χ0) is 10.2. The summed E-state index contributed by atoms with van der Waals surface area (Å²) in [7, 11) is 1.65. The van der Waals surface area contributed by atoms with Crippen molar-refractivity contribution in [2.75, 3.05) is 26.9 Å². The molecular weight excluding hydrogens is 180 g/mol. The van der Waals surface area contributed by atoms with Crippen LogP contribution in [0.25, 0.3) is 0 Å². The van der Waals surface area contributed by atoms with Gasteiger partial charge in [-0.1, -0.05) is 18.2 Å². The van der Waals surface area contributed by atoms with Crippen LogP contribution in [-0.4, -0.2) is 32.0 Å². The summed E-state index contributed by atoms with van der Waals surface area (Å²) in [6.45, 7) is 1.83. The van der Waals surface area contributed by atoms with Gasteiger partial charge in [-0.15, -0.1) is 0 Å². The predicted octanol–water partition coefficient (Wildman–Crippen LogP) is 1.60. The first-order chi connectivity index (χ1) is 6.84. The van der Waals surface area contributed by atoms with Crippen molar-refractivity contribution >= 4 is 0 Å². The van der Waals surface area contributed by atoms with Gasteiger partial charge >= 0.3 is 0 Å². The van der Waals surface area contributed by atoms with Gasteiger partial charge in [-0.2, -0.15) is 0 Å². The molecule has 0 fully saturated rings. The molecule has 78 valence electrons. The molecule has 0 bridgehead atoms. The Morgan fingerprint density at radius 3 is 2.64 bits per heavy atom. The van der Waals surface area contributed by atoms with Gasteiger partial charge in [-0.05, 0) is 18.1 Å². The number of phenolic OH excluding ortho intramolecular Hbond substituents is 1. The van der Waals surface area contributed by atoms with Gasteiger partial charge in [0.25, 0.3) is 0 Å². The highest BCUT2D eigenvalue weighted by Crippen LogP contribution is 2.15. The predicted molar refractivity (Wildman–Crippen MR) is 54.5 cm³/mol. The van der Waals surface area contributed by atoms with E-state index in [2.05, 4.69) is 0 Å². The minimum absolute atomic E-state index is 0.336. The number of para-hydroxylation sites is 1. The van der Waals surface area contributed by atoms with E-state index in [1.54, 1.807) is 13.2 Å². The lowest BCUT2D eigenvalue weighted by Crippen LogP contribution is -2.04. The van der Waals surface area contributed by atoms with Crippen molar-refractivity contribution in [3.8, 4) is 5.75 Å². The third kappa shape index (κ3) is 3.77. The van der Waals surface area contributed by atoms with Crippen molar-refractivity contribution in [2.24, 2.45) is 0 Å². The number of ether oxygens (including phenoxy) is 2. The molecule has 0 aliphatic heterocycles. The molecule has 0 aromatic heterocycles. The Bertz CT molecular complexity index is 260. The summed E-state index contributed by atoms with van der Waals surface area (Å²) in [4.78, 5) is 0. The van der Waals surface area contributed by atoms with Crippen molar-refractivity contribution < 1.29 is 14.6 Å². The lowest BCUT2D eigenvalue weighted by atomic mass is 10.1. The zero-order valence-corrected chi connectivity index (χ0v) is 8.40. The number of rotatable bonds is 6. The minimum atomic E-state index is 0.336. The smallest absolute Gasteiger partial charge is 0.118 e. The Morgan fingerprint density at radius 2 is 1.93 bits per heavy atom. The molecule has 1 aromatic carbocycles. The SMILES string of the molecule is COCCOCCc1ccccc1O. The normalized spacial score (nSPS) is 10.4. The van der Waals surface area contributed by atoms with Gasteiger partial charge in [-0.3, -0.25) is 0 Å². The van der Waals surface area contributed by atoms with E-state index in [0.29, 0.717) is 25.6 Å². The summed E-state index contributed by atoms with van der Waals surface area (Å²) in [5.74, 6) is 0.336. The van der Waals surface area contributed by atoms with Crippen LogP contribution in [0.2, 0.25) is 0 Å². The van der Waals surface area contributed by atoms with E-state index < -0.39 is 0 Å². The number of methoxy groups -OCH3 is 1. The van der Waals surface area contributed by atoms with E-state index >= 15 is 0 Å². The first-order valence-corrected chi connectivity index (χ1v) is 4.68. The highest BCUT2D eigenvalue weighted by Gasteiger charge is 1.98. The Morgan fingerprint density at radius 1 is 1.14 bits per heavy atom. The molecule has 0 saturated heterocycles. The third-order valence-corrected chi connectivity index (χ3v) is 1.94. The monoisotopic (exact) mass is 196 g/mol. The second-order valence-electron chi connectivity index (χ2n) is 2.98. The fourth-order valence-corrected chi connectivity index (χ4v) is 1.15. The zero-order valence-electron chi connectivity index (χ0n) is 8.40. The Labute approximate surface area is 84.3 Å². The Balaban J connectivity index is 2.21. The molecule has 1 N–H and O–H groups in total. The van der Waals surface area contributed by atoms with E-state index in [-0.39, 0.29) is 0 Å². The molecule has 0 heterocycles. The van der Waals surface area contributed by atoms with Gasteiger partial charge in [-0.25, -0.2) is 0 Å². The van der Waals surface area contributed by atoms with Crippen LogP contribution >= 0.6 is 0 Å². The highest BCUT2D eigenvalue weighted by molar-refractivity contribution is 5.31. The van der Waals surface area contributed by atoms with Gasteiger partial charge < -0.3 is 14.6 Å². The van der Waals surface area contributed by atoms with Gasteiger partial charge in [0, 0.05) is 7.11 Å². The van der Waals surface area contributed by atoms with Crippen LogP contribution in [0.3, 0.4) is 0 Å². The lowest BCUT2D eigenvalue weighted by molar-refractivity contribution is 0.0721. The highest BCUT2D eigenvalue weighted by atomic mass is 16.5. The summed E-state index contributed by atoms with van der Waals surface area (Å²) < 4.78 is 10.1. The average molecular weight is 196 g/mol. The second-order valence-corrected chi connectivity index (χ2v) is 2.98. The molecule has 0 atom stereocenters. The van der Waals surface area contributed by atoms with E-state index in [0.717, 1.165) is 12.0 Å².